The van der Waals surface area contributed by atoms with Gasteiger partial charge in [0.15, 0.2) is 0 Å². The molecular weight excluding hydrogens is 192 g/mol. The van der Waals surface area contributed by atoms with Crippen molar-refractivity contribution in [2.75, 3.05) is 6.61 Å². The number of carbonyl (C=O) groups is 1. The molecule has 2 aliphatic rings. The summed E-state index contributed by atoms with van der Waals surface area (Å²) >= 11 is 0. The zero-order valence-electron chi connectivity index (χ0n) is 9.41. The van der Waals surface area contributed by atoms with Crippen LogP contribution in [0.2, 0.25) is 0 Å². The van der Waals surface area contributed by atoms with Crippen LogP contribution in [0.3, 0.4) is 0 Å². The lowest BCUT2D eigenvalue weighted by atomic mass is 9.96. The van der Waals surface area contributed by atoms with E-state index in [1.165, 1.54) is 0 Å². The van der Waals surface area contributed by atoms with Gasteiger partial charge in [0.25, 0.3) is 0 Å². The molecule has 3 unspecified atom stereocenters. The highest BCUT2D eigenvalue weighted by Gasteiger charge is 2.26. The number of hydrogen-bond acceptors (Lipinski definition) is 3. The topological polar surface area (TPSA) is 35.5 Å². The van der Waals surface area contributed by atoms with Crippen molar-refractivity contribution in [3.05, 3.63) is 0 Å². The standard InChI is InChI=1S/C12H20O3/c1-9-5-6-12(8-14-9)15-11-4-2-3-10(13)7-11/h9,11-12H,2-8H2,1H3. The van der Waals surface area contributed by atoms with Crippen LogP contribution in [0.1, 0.15) is 45.4 Å². The van der Waals surface area contributed by atoms with Gasteiger partial charge in [0.2, 0.25) is 0 Å². The van der Waals surface area contributed by atoms with Gasteiger partial charge in [0.05, 0.1) is 24.9 Å². The largest absolute Gasteiger partial charge is 0.376 e. The summed E-state index contributed by atoms with van der Waals surface area (Å²) in [5, 5.41) is 0. The van der Waals surface area contributed by atoms with E-state index in [1.807, 2.05) is 0 Å². The van der Waals surface area contributed by atoms with Crippen LogP contribution in [0.25, 0.3) is 0 Å². The molecule has 0 aromatic heterocycles. The number of rotatable bonds is 2. The highest BCUT2D eigenvalue weighted by molar-refractivity contribution is 5.79. The zero-order chi connectivity index (χ0) is 10.7. The SMILES string of the molecule is CC1CCC(OC2CCCC(=O)C2)CO1. The highest BCUT2D eigenvalue weighted by atomic mass is 16.5. The summed E-state index contributed by atoms with van der Waals surface area (Å²) in [6.45, 7) is 2.80. The summed E-state index contributed by atoms with van der Waals surface area (Å²) < 4.78 is 11.5. The molecule has 0 bridgehead atoms. The Hall–Kier alpha value is -0.410. The molecule has 1 heterocycles. The Morgan fingerprint density at radius 1 is 1.27 bits per heavy atom. The number of hydrogen-bond donors (Lipinski definition) is 0. The van der Waals surface area contributed by atoms with Crippen molar-refractivity contribution >= 4 is 5.78 Å². The second kappa shape index (κ2) is 5.08. The molecule has 1 saturated carbocycles. The first-order chi connectivity index (χ1) is 7.24. The Labute approximate surface area is 91.1 Å². The van der Waals surface area contributed by atoms with Crippen molar-refractivity contribution in [3.63, 3.8) is 0 Å². The van der Waals surface area contributed by atoms with E-state index in [-0.39, 0.29) is 12.2 Å². The first kappa shape index (κ1) is 11.1. The molecule has 1 saturated heterocycles. The predicted molar refractivity (Wildman–Crippen MR) is 56.8 cm³/mol. The molecule has 2 rings (SSSR count). The van der Waals surface area contributed by atoms with Gasteiger partial charge < -0.3 is 9.47 Å². The van der Waals surface area contributed by atoms with Crippen molar-refractivity contribution < 1.29 is 14.3 Å². The van der Waals surface area contributed by atoms with Gasteiger partial charge in [-0.3, -0.25) is 4.79 Å². The predicted octanol–water partition coefficient (Wildman–Crippen LogP) is 2.08. The molecule has 0 spiro atoms. The minimum Gasteiger partial charge on any atom is -0.376 e. The second-order valence-electron chi connectivity index (χ2n) is 4.74. The third kappa shape index (κ3) is 3.28. The number of carbonyl (C=O) groups excluding carboxylic acids is 1. The third-order valence-corrected chi connectivity index (χ3v) is 3.28. The average Bonchev–Trinajstić information content (AvgIpc) is 2.22. The number of ketones is 1. The number of ether oxygens (including phenoxy) is 2. The van der Waals surface area contributed by atoms with Crippen LogP contribution in [0.4, 0.5) is 0 Å². The van der Waals surface area contributed by atoms with E-state index in [9.17, 15) is 4.79 Å². The highest BCUT2D eigenvalue weighted by Crippen LogP contribution is 2.23. The molecule has 86 valence electrons. The maximum atomic E-state index is 11.3. The Morgan fingerprint density at radius 2 is 2.13 bits per heavy atom. The van der Waals surface area contributed by atoms with Crippen molar-refractivity contribution in [2.24, 2.45) is 0 Å². The summed E-state index contributed by atoms with van der Waals surface area (Å²) in [4.78, 5) is 11.3. The van der Waals surface area contributed by atoms with Gasteiger partial charge in [-0.25, -0.2) is 0 Å². The van der Waals surface area contributed by atoms with Crippen molar-refractivity contribution in [2.45, 2.75) is 63.8 Å². The first-order valence-corrected chi connectivity index (χ1v) is 6.03. The molecule has 2 fully saturated rings. The molecule has 0 N–H and O–H groups in total. The average molecular weight is 212 g/mol. The minimum atomic E-state index is 0.160. The molecule has 3 heteroatoms. The number of Topliss-reactive ketones (excluding diaryl/α,β-unsaturated/α-hetero) is 1. The fourth-order valence-corrected chi connectivity index (χ4v) is 2.34. The Bertz CT molecular complexity index is 219. The van der Waals surface area contributed by atoms with Crippen LogP contribution in [-0.4, -0.2) is 30.7 Å². The molecule has 1 aliphatic carbocycles. The second-order valence-corrected chi connectivity index (χ2v) is 4.74. The van der Waals surface area contributed by atoms with E-state index >= 15 is 0 Å². The smallest absolute Gasteiger partial charge is 0.135 e. The summed E-state index contributed by atoms with van der Waals surface area (Å²) in [6, 6.07) is 0. The molecule has 0 aromatic rings. The van der Waals surface area contributed by atoms with Gasteiger partial charge in [-0.15, -0.1) is 0 Å². The molecule has 0 aromatic carbocycles. The van der Waals surface area contributed by atoms with Crippen LogP contribution in [0.5, 0.6) is 0 Å². The monoisotopic (exact) mass is 212 g/mol. The molecule has 3 nitrogen and oxygen atoms in total. The summed E-state index contributed by atoms with van der Waals surface area (Å²) in [5.74, 6) is 0.358. The first-order valence-electron chi connectivity index (χ1n) is 6.03. The summed E-state index contributed by atoms with van der Waals surface area (Å²) in [5.41, 5.74) is 0. The van der Waals surface area contributed by atoms with E-state index in [0.29, 0.717) is 24.9 Å². The van der Waals surface area contributed by atoms with Gasteiger partial charge >= 0.3 is 0 Å². The lowest BCUT2D eigenvalue weighted by Gasteiger charge is -2.31. The molecule has 1 aliphatic heterocycles. The van der Waals surface area contributed by atoms with E-state index in [2.05, 4.69) is 6.92 Å². The van der Waals surface area contributed by atoms with Crippen LogP contribution in [0.15, 0.2) is 0 Å². The lowest BCUT2D eigenvalue weighted by molar-refractivity contribution is -0.135. The molecule has 0 radical (unpaired) electrons. The van der Waals surface area contributed by atoms with E-state index < -0.39 is 0 Å². The maximum Gasteiger partial charge on any atom is 0.135 e. The van der Waals surface area contributed by atoms with E-state index in [1.54, 1.807) is 0 Å². The Morgan fingerprint density at radius 3 is 2.80 bits per heavy atom. The van der Waals surface area contributed by atoms with Gasteiger partial charge in [-0.2, -0.15) is 0 Å². The maximum absolute atomic E-state index is 11.3. The molecular formula is C12H20O3. The molecule has 0 amide bonds. The van der Waals surface area contributed by atoms with Crippen LogP contribution in [-0.2, 0) is 14.3 Å². The minimum absolute atomic E-state index is 0.160. The van der Waals surface area contributed by atoms with Crippen molar-refractivity contribution in [1.29, 1.82) is 0 Å². The lowest BCUT2D eigenvalue weighted by Crippen LogP contribution is -2.35. The molecule has 3 atom stereocenters. The Balaban J connectivity index is 1.74. The van der Waals surface area contributed by atoms with Crippen LogP contribution < -0.4 is 0 Å². The Kier molecular flexibility index (Phi) is 3.76. The van der Waals surface area contributed by atoms with Crippen LogP contribution in [0, 0.1) is 0 Å². The zero-order valence-corrected chi connectivity index (χ0v) is 9.41. The van der Waals surface area contributed by atoms with Crippen molar-refractivity contribution in [3.8, 4) is 0 Å². The normalized spacial score (nSPS) is 37.9. The van der Waals surface area contributed by atoms with E-state index in [0.717, 1.165) is 32.1 Å². The summed E-state index contributed by atoms with van der Waals surface area (Å²) in [6.07, 6.45) is 6.30. The van der Waals surface area contributed by atoms with Gasteiger partial charge in [0, 0.05) is 12.8 Å². The quantitative estimate of drug-likeness (QED) is 0.703. The van der Waals surface area contributed by atoms with Gasteiger partial charge in [-0.1, -0.05) is 0 Å². The van der Waals surface area contributed by atoms with Crippen molar-refractivity contribution in [1.82, 2.24) is 0 Å². The van der Waals surface area contributed by atoms with Gasteiger partial charge in [0.1, 0.15) is 5.78 Å². The fourth-order valence-electron chi connectivity index (χ4n) is 2.34. The fraction of sp³-hybridized carbons (Fsp3) is 0.917. The van der Waals surface area contributed by atoms with Gasteiger partial charge in [-0.05, 0) is 32.6 Å². The third-order valence-electron chi connectivity index (χ3n) is 3.28. The van der Waals surface area contributed by atoms with Crippen LogP contribution >= 0.6 is 0 Å². The summed E-state index contributed by atoms with van der Waals surface area (Å²) in [7, 11) is 0. The van der Waals surface area contributed by atoms with E-state index in [4.69, 9.17) is 9.47 Å². The molecule has 15 heavy (non-hydrogen) atoms.